The summed E-state index contributed by atoms with van der Waals surface area (Å²) in [5.74, 6) is 1.80. The van der Waals surface area contributed by atoms with Crippen LogP contribution in [-0.4, -0.2) is 57.7 Å². The predicted molar refractivity (Wildman–Crippen MR) is 112 cm³/mol. The molecule has 0 saturated heterocycles. The molecule has 1 aliphatic rings. The zero-order valence-electron chi connectivity index (χ0n) is 17.9. The molecule has 29 heavy (non-hydrogen) atoms. The Morgan fingerprint density at radius 3 is 2.41 bits per heavy atom. The van der Waals surface area contributed by atoms with Crippen LogP contribution < -0.4 is 4.74 Å². The molecule has 0 atom stereocenters. The van der Waals surface area contributed by atoms with Gasteiger partial charge in [-0.2, -0.15) is 0 Å². The number of carbonyl (C=O) groups is 1. The molecule has 7 nitrogen and oxygen atoms in total. The van der Waals surface area contributed by atoms with Gasteiger partial charge >= 0.3 is 0 Å². The largest absolute Gasteiger partial charge is 0.496 e. The van der Waals surface area contributed by atoms with E-state index in [0.29, 0.717) is 19.5 Å². The topological polar surface area (TPSA) is 88.4 Å². The summed E-state index contributed by atoms with van der Waals surface area (Å²) in [4.78, 5) is 26.5. The summed E-state index contributed by atoms with van der Waals surface area (Å²) < 4.78 is 5.00. The number of methoxy groups -OCH3 is 1. The summed E-state index contributed by atoms with van der Waals surface area (Å²) >= 11 is 0. The molecular formula is C22H32N4O3. The number of pyridine rings is 1. The molecule has 0 bridgehead atoms. The maximum absolute atomic E-state index is 12.1. The van der Waals surface area contributed by atoms with Gasteiger partial charge in [-0.25, -0.2) is 9.97 Å². The molecule has 1 aliphatic carbocycles. The monoisotopic (exact) mass is 400 g/mol. The fourth-order valence-electron chi connectivity index (χ4n) is 2.90. The Morgan fingerprint density at radius 1 is 1.24 bits per heavy atom. The zero-order chi connectivity index (χ0) is 21.3. The van der Waals surface area contributed by atoms with Crippen molar-refractivity contribution in [2.24, 2.45) is 0 Å². The van der Waals surface area contributed by atoms with Crippen molar-refractivity contribution in [3.8, 4) is 5.75 Å². The normalized spacial score (nSPS) is 13.8. The van der Waals surface area contributed by atoms with Gasteiger partial charge in [0.1, 0.15) is 11.6 Å². The second-order valence-electron chi connectivity index (χ2n) is 7.60. The van der Waals surface area contributed by atoms with Crippen LogP contribution in [-0.2, 0) is 16.6 Å². The van der Waals surface area contributed by atoms with E-state index in [1.807, 2.05) is 19.9 Å². The summed E-state index contributed by atoms with van der Waals surface area (Å²) in [6, 6.07) is 1.84. The van der Waals surface area contributed by atoms with Crippen LogP contribution in [0.25, 0.3) is 0 Å². The van der Waals surface area contributed by atoms with Crippen LogP contribution in [0.2, 0.25) is 0 Å². The van der Waals surface area contributed by atoms with E-state index in [1.165, 1.54) is 0 Å². The highest BCUT2D eigenvalue weighted by molar-refractivity contribution is 5.78. The third-order valence-corrected chi connectivity index (χ3v) is 5.01. The van der Waals surface area contributed by atoms with Crippen molar-refractivity contribution in [2.75, 3.05) is 26.8 Å². The SMILES string of the molecule is CCCN(CCO)C(=O)Cc1cnc(C2(C)CC2)nc1.COc1ccncc1C. The molecule has 1 amide bonds. The molecule has 2 aromatic rings. The maximum Gasteiger partial charge on any atom is 0.227 e. The fourth-order valence-corrected chi connectivity index (χ4v) is 2.90. The Morgan fingerprint density at radius 2 is 1.93 bits per heavy atom. The van der Waals surface area contributed by atoms with Gasteiger partial charge in [0, 0.05) is 48.9 Å². The van der Waals surface area contributed by atoms with Crippen LogP contribution in [0.3, 0.4) is 0 Å². The molecule has 0 aromatic carbocycles. The van der Waals surface area contributed by atoms with Crippen molar-refractivity contribution in [3.63, 3.8) is 0 Å². The van der Waals surface area contributed by atoms with Gasteiger partial charge < -0.3 is 14.7 Å². The molecule has 2 aromatic heterocycles. The van der Waals surface area contributed by atoms with E-state index in [1.54, 1.807) is 36.8 Å². The first-order valence-electron chi connectivity index (χ1n) is 10.1. The Hall–Kier alpha value is -2.54. The van der Waals surface area contributed by atoms with E-state index in [4.69, 9.17) is 9.84 Å². The fraction of sp³-hybridized carbons (Fsp3) is 0.545. The van der Waals surface area contributed by atoms with Crippen molar-refractivity contribution in [2.45, 2.75) is 51.9 Å². The van der Waals surface area contributed by atoms with Gasteiger partial charge in [-0.1, -0.05) is 13.8 Å². The molecule has 2 heterocycles. The van der Waals surface area contributed by atoms with Crippen LogP contribution in [0, 0.1) is 6.92 Å². The van der Waals surface area contributed by atoms with Gasteiger partial charge in [-0.15, -0.1) is 0 Å². The van der Waals surface area contributed by atoms with E-state index < -0.39 is 0 Å². The zero-order valence-corrected chi connectivity index (χ0v) is 17.9. The molecule has 158 valence electrons. The maximum atomic E-state index is 12.1. The molecule has 3 rings (SSSR count). The minimum absolute atomic E-state index is 0.000464. The number of carbonyl (C=O) groups excluding carboxylic acids is 1. The van der Waals surface area contributed by atoms with E-state index >= 15 is 0 Å². The number of nitrogens with zero attached hydrogens (tertiary/aromatic N) is 4. The number of aromatic nitrogens is 3. The average Bonchev–Trinajstić information content (AvgIpc) is 3.48. The Labute approximate surface area is 173 Å². The van der Waals surface area contributed by atoms with Gasteiger partial charge in [0.2, 0.25) is 5.91 Å². The summed E-state index contributed by atoms with van der Waals surface area (Å²) in [6.07, 6.45) is 10.5. The number of amides is 1. The summed E-state index contributed by atoms with van der Waals surface area (Å²) in [5.41, 5.74) is 2.07. The van der Waals surface area contributed by atoms with Crippen molar-refractivity contribution in [1.82, 2.24) is 19.9 Å². The van der Waals surface area contributed by atoms with Crippen molar-refractivity contribution in [3.05, 3.63) is 47.8 Å². The molecule has 0 spiro atoms. The number of hydrogen-bond donors (Lipinski definition) is 1. The van der Waals surface area contributed by atoms with Gasteiger partial charge in [-0.3, -0.25) is 9.78 Å². The number of rotatable bonds is 8. The molecule has 7 heteroatoms. The highest BCUT2D eigenvalue weighted by atomic mass is 16.5. The van der Waals surface area contributed by atoms with Crippen molar-refractivity contribution in [1.29, 1.82) is 0 Å². The smallest absolute Gasteiger partial charge is 0.227 e. The highest BCUT2D eigenvalue weighted by Crippen LogP contribution is 2.45. The average molecular weight is 401 g/mol. The molecule has 1 saturated carbocycles. The Kier molecular flexibility index (Phi) is 8.51. The third-order valence-electron chi connectivity index (χ3n) is 5.01. The lowest BCUT2D eigenvalue weighted by Gasteiger charge is -2.21. The van der Waals surface area contributed by atoms with E-state index in [9.17, 15) is 4.79 Å². The van der Waals surface area contributed by atoms with E-state index in [-0.39, 0.29) is 17.9 Å². The van der Waals surface area contributed by atoms with Gasteiger partial charge in [0.15, 0.2) is 0 Å². The number of hydrogen-bond acceptors (Lipinski definition) is 6. The van der Waals surface area contributed by atoms with Gasteiger partial charge in [0.05, 0.1) is 20.1 Å². The first-order valence-corrected chi connectivity index (χ1v) is 10.1. The van der Waals surface area contributed by atoms with E-state index in [2.05, 4.69) is 21.9 Å². The number of aryl methyl sites for hydroxylation is 1. The molecule has 0 aliphatic heterocycles. The lowest BCUT2D eigenvalue weighted by molar-refractivity contribution is -0.131. The number of aliphatic hydroxyl groups is 1. The van der Waals surface area contributed by atoms with Crippen LogP contribution in [0.1, 0.15) is 50.1 Å². The molecular weight excluding hydrogens is 368 g/mol. The number of ether oxygens (including phenoxy) is 1. The van der Waals surface area contributed by atoms with Crippen molar-refractivity contribution < 1.29 is 14.6 Å². The second kappa shape index (κ2) is 10.9. The molecule has 0 unspecified atom stereocenters. The quantitative estimate of drug-likeness (QED) is 0.733. The standard InChI is InChI=1S/C15H23N3O2.C7H9NO/c1-3-6-18(7-8-19)13(20)9-12-10-16-14(17-11-12)15(2)4-5-15;1-6-5-8-4-3-7(6)9-2/h10-11,19H,3-9H2,1-2H3;3-5H,1-2H3. The Bertz CT molecular complexity index is 770. The van der Waals surface area contributed by atoms with Crippen LogP contribution in [0.15, 0.2) is 30.9 Å². The van der Waals surface area contributed by atoms with Crippen LogP contribution in [0.5, 0.6) is 5.75 Å². The summed E-state index contributed by atoms with van der Waals surface area (Å²) in [7, 11) is 1.66. The minimum atomic E-state index is -0.000464. The predicted octanol–water partition coefficient (Wildman–Crippen LogP) is 2.70. The minimum Gasteiger partial charge on any atom is -0.496 e. The van der Waals surface area contributed by atoms with E-state index in [0.717, 1.165) is 42.0 Å². The molecule has 0 radical (unpaired) electrons. The van der Waals surface area contributed by atoms with Crippen molar-refractivity contribution >= 4 is 5.91 Å². The van der Waals surface area contributed by atoms with Gasteiger partial charge in [0.25, 0.3) is 0 Å². The first-order chi connectivity index (χ1) is 13.9. The third kappa shape index (κ3) is 6.78. The summed E-state index contributed by atoms with van der Waals surface area (Å²) in [6.45, 7) is 7.22. The summed E-state index contributed by atoms with van der Waals surface area (Å²) in [5, 5.41) is 8.99. The number of aliphatic hydroxyl groups excluding tert-OH is 1. The van der Waals surface area contributed by atoms with Crippen LogP contribution in [0.4, 0.5) is 0 Å². The lowest BCUT2D eigenvalue weighted by Crippen LogP contribution is -2.35. The molecule has 1 fully saturated rings. The van der Waals surface area contributed by atoms with Crippen LogP contribution >= 0.6 is 0 Å². The second-order valence-corrected chi connectivity index (χ2v) is 7.60. The Balaban J connectivity index is 0.000000278. The molecule has 1 N–H and O–H groups in total. The van der Waals surface area contributed by atoms with Gasteiger partial charge in [-0.05, 0) is 37.8 Å². The first kappa shape index (κ1) is 22.7. The highest BCUT2D eigenvalue weighted by Gasteiger charge is 2.41. The lowest BCUT2D eigenvalue weighted by atomic mass is 10.1.